The molecule has 0 aliphatic carbocycles. The molecular weight excluding hydrogens is 581 g/mol. The number of halogens is 1. The third-order valence-electron chi connectivity index (χ3n) is 9.40. The zero-order valence-electron chi connectivity index (χ0n) is 25.7. The van der Waals surface area contributed by atoms with Crippen LogP contribution in [0, 0.1) is 5.92 Å². The minimum Gasteiger partial charge on any atom is -0.497 e. The Morgan fingerprint density at radius 1 is 1.20 bits per heavy atom. The van der Waals surface area contributed by atoms with Gasteiger partial charge in [-0.25, -0.2) is 0 Å². The third kappa shape index (κ3) is 5.22. The Hall–Kier alpha value is -3.61. The van der Waals surface area contributed by atoms with Gasteiger partial charge >= 0.3 is 0 Å². The van der Waals surface area contributed by atoms with Crippen molar-refractivity contribution in [1.82, 2.24) is 15.0 Å². The van der Waals surface area contributed by atoms with Gasteiger partial charge in [-0.3, -0.25) is 14.3 Å². The number of carbonyl (C=O) groups excluding carboxylic acids is 2. The highest BCUT2D eigenvalue weighted by Crippen LogP contribution is 2.60. The Balaban J connectivity index is 1.34. The highest BCUT2D eigenvalue weighted by atomic mass is 28.4. The number of benzene rings is 2. The Kier molecular flexibility index (Phi) is 8.10. The van der Waals surface area contributed by atoms with Crippen molar-refractivity contribution in [2.75, 3.05) is 30.1 Å². The Morgan fingerprint density at radius 3 is 2.73 bits per heavy atom. The van der Waals surface area contributed by atoms with Crippen LogP contribution in [-0.4, -0.2) is 66.7 Å². The summed E-state index contributed by atoms with van der Waals surface area (Å²) in [6.45, 7) is 6.71. The van der Waals surface area contributed by atoms with E-state index in [1.54, 1.807) is 40.9 Å². The van der Waals surface area contributed by atoms with Gasteiger partial charge in [0.25, 0.3) is 5.91 Å². The molecule has 4 heterocycles. The van der Waals surface area contributed by atoms with Crippen molar-refractivity contribution in [3.05, 3.63) is 65.5 Å². The molecule has 0 radical (unpaired) electrons. The van der Waals surface area contributed by atoms with E-state index in [1.807, 2.05) is 49.4 Å². The van der Waals surface area contributed by atoms with Crippen LogP contribution in [0.1, 0.15) is 43.0 Å². The van der Waals surface area contributed by atoms with Crippen LogP contribution >= 0.6 is 0 Å². The van der Waals surface area contributed by atoms with Crippen molar-refractivity contribution in [3.63, 3.8) is 0 Å². The second kappa shape index (κ2) is 11.7. The summed E-state index contributed by atoms with van der Waals surface area (Å²) in [5, 5.41) is 17.5. The fourth-order valence-corrected chi connectivity index (χ4v) is 9.99. The molecule has 1 N–H and O–H groups in total. The van der Waals surface area contributed by atoms with E-state index >= 15 is 4.11 Å². The summed E-state index contributed by atoms with van der Waals surface area (Å²) in [6, 6.07) is 13.3. The molecule has 3 aliphatic rings. The molecule has 1 aromatic heterocycles. The molecule has 2 fully saturated rings. The molecule has 2 saturated heterocycles. The van der Waals surface area contributed by atoms with Crippen molar-refractivity contribution >= 4 is 31.6 Å². The number of aliphatic hydroxyl groups excluding tert-OH is 1. The SMILES string of the molecule is COc1ccc2c(c1)[C@@]1(O[C@H](CCn3cc(CCO)nn3)[C@@H]([Si](C)(C)F)[C@@H]1C)C(=O)N2Cc1cccc(N2CCCC2=O)c1. The van der Waals surface area contributed by atoms with Gasteiger partial charge in [0.05, 0.1) is 31.1 Å². The first-order valence-electron chi connectivity index (χ1n) is 15.3. The molecule has 10 nitrogen and oxygen atoms in total. The average Bonchev–Trinajstić information content (AvgIpc) is 3.75. The molecule has 0 saturated carbocycles. The normalized spacial score (nSPS) is 25.0. The number of fused-ring (bicyclic) bond motifs is 2. The van der Waals surface area contributed by atoms with E-state index in [9.17, 15) is 14.7 Å². The highest BCUT2D eigenvalue weighted by Gasteiger charge is 2.66. The van der Waals surface area contributed by atoms with Gasteiger partial charge in [0.2, 0.25) is 14.3 Å². The van der Waals surface area contributed by atoms with Gasteiger partial charge in [0.1, 0.15) is 5.75 Å². The summed E-state index contributed by atoms with van der Waals surface area (Å²) in [6.07, 6.45) is 3.50. The van der Waals surface area contributed by atoms with Gasteiger partial charge in [0, 0.05) is 61.4 Å². The third-order valence-corrected chi connectivity index (χ3v) is 11.9. The van der Waals surface area contributed by atoms with Crippen molar-refractivity contribution in [2.45, 2.75) is 76.0 Å². The Bertz CT molecular complexity index is 1560. The fourth-order valence-electron chi connectivity index (χ4n) is 7.44. The number of hydrogen-bond donors (Lipinski definition) is 1. The van der Waals surface area contributed by atoms with Crippen LogP contribution in [0.15, 0.2) is 48.7 Å². The van der Waals surface area contributed by atoms with Crippen LogP contribution in [0.3, 0.4) is 0 Å². The first kappa shape index (κ1) is 30.4. The van der Waals surface area contributed by atoms with E-state index in [0.29, 0.717) is 55.0 Å². The number of amides is 2. The number of aryl methyl sites for hydroxylation is 1. The number of nitrogens with zero attached hydrogens (tertiary/aromatic N) is 5. The maximum Gasteiger partial charge on any atom is 0.264 e. The van der Waals surface area contributed by atoms with Crippen LogP contribution in [0.4, 0.5) is 15.5 Å². The molecule has 3 aromatic rings. The summed E-state index contributed by atoms with van der Waals surface area (Å²) in [7, 11) is -1.75. The molecule has 1 spiro atoms. The lowest BCUT2D eigenvalue weighted by Gasteiger charge is -2.31. The maximum absolute atomic E-state index is 16.2. The van der Waals surface area contributed by atoms with Crippen LogP contribution in [0.2, 0.25) is 18.6 Å². The number of aliphatic hydroxyl groups is 1. The maximum atomic E-state index is 16.2. The van der Waals surface area contributed by atoms with Gasteiger partial charge in [-0.2, -0.15) is 0 Å². The van der Waals surface area contributed by atoms with Gasteiger partial charge in [-0.05, 0) is 61.8 Å². The topological polar surface area (TPSA) is 110 Å². The Morgan fingerprint density at radius 2 is 2.02 bits per heavy atom. The lowest BCUT2D eigenvalue weighted by molar-refractivity contribution is -0.146. The molecule has 4 atom stereocenters. The number of anilines is 2. The number of hydrogen-bond acceptors (Lipinski definition) is 7. The molecular formula is C32H40FN5O5Si. The molecule has 6 rings (SSSR count). The van der Waals surface area contributed by atoms with E-state index in [2.05, 4.69) is 10.3 Å². The summed E-state index contributed by atoms with van der Waals surface area (Å²) in [4.78, 5) is 30.6. The van der Waals surface area contributed by atoms with Crippen LogP contribution in [0.25, 0.3) is 0 Å². The minimum absolute atomic E-state index is 0.0175. The van der Waals surface area contributed by atoms with Gasteiger partial charge in [0.15, 0.2) is 5.60 Å². The number of ether oxygens (including phenoxy) is 2. The summed E-state index contributed by atoms with van der Waals surface area (Å²) < 4.78 is 30.3. The predicted molar refractivity (Wildman–Crippen MR) is 166 cm³/mol. The van der Waals surface area contributed by atoms with E-state index < -0.39 is 31.6 Å². The molecule has 44 heavy (non-hydrogen) atoms. The van der Waals surface area contributed by atoms with Crippen molar-refractivity contribution < 1.29 is 28.3 Å². The van der Waals surface area contributed by atoms with Crippen molar-refractivity contribution in [1.29, 1.82) is 0 Å². The smallest absolute Gasteiger partial charge is 0.264 e. The molecule has 12 heteroatoms. The zero-order chi connectivity index (χ0) is 31.2. The summed E-state index contributed by atoms with van der Waals surface area (Å²) in [5.41, 5.74) is 1.98. The van der Waals surface area contributed by atoms with Gasteiger partial charge in [-0.1, -0.05) is 24.3 Å². The molecule has 3 aliphatic heterocycles. The number of carbonyl (C=O) groups is 2. The first-order valence-corrected chi connectivity index (χ1v) is 18.3. The average molecular weight is 622 g/mol. The number of aromatic nitrogens is 3. The molecule has 2 amide bonds. The molecule has 2 aromatic carbocycles. The van der Waals surface area contributed by atoms with Gasteiger partial charge < -0.3 is 28.5 Å². The predicted octanol–water partition coefficient (Wildman–Crippen LogP) is 4.36. The summed E-state index contributed by atoms with van der Waals surface area (Å²) in [5.74, 6) is 0.0536. The zero-order valence-corrected chi connectivity index (χ0v) is 26.7. The van der Waals surface area contributed by atoms with E-state index in [-0.39, 0.29) is 25.0 Å². The number of methoxy groups -OCH3 is 1. The van der Waals surface area contributed by atoms with E-state index in [1.165, 1.54) is 0 Å². The van der Waals surface area contributed by atoms with Crippen molar-refractivity contribution in [3.8, 4) is 5.75 Å². The molecule has 0 unspecified atom stereocenters. The van der Waals surface area contributed by atoms with Crippen LogP contribution in [-0.2, 0) is 39.4 Å². The minimum atomic E-state index is -3.33. The first-order chi connectivity index (χ1) is 21.1. The highest BCUT2D eigenvalue weighted by molar-refractivity contribution is 6.72. The van der Waals surface area contributed by atoms with E-state index in [0.717, 1.165) is 17.7 Å². The number of rotatable bonds is 10. The molecule has 0 bridgehead atoms. The van der Waals surface area contributed by atoms with E-state index in [4.69, 9.17) is 9.47 Å². The van der Waals surface area contributed by atoms with Crippen LogP contribution in [0.5, 0.6) is 5.75 Å². The van der Waals surface area contributed by atoms with Crippen LogP contribution < -0.4 is 14.5 Å². The second-order valence-electron chi connectivity index (χ2n) is 12.6. The summed E-state index contributed by atoms with van der Waals surface area (Å²) >= 11 is 0. The lowest BCUT2D eigenvalue weighted by Crippen LogP contribution is -2.45. The lowest BCUT2D eigenvalue weighted by atomic mass is 9.82. The fraction of sp³-hybridized carbons (Fsp3) is 0.500. The van der Waals surface area contributed by atoms with Crippen molar-refractivity contribution in [2.24, 2.45) is 5.92 Å². The largest absolute Gasteiger partial charge is 0.497 e. The monoisotopic (exact) mass is 621 g/mol. The second-order valence-corrected chi connectivity index (χ2v) is 16.4. The Labute approximate surface area is 257 Å². The standard InChI is InChI=1S/C32H40FN5O5Si/c1-21-30(44(3,4)33)28(12-15-36-20-23(13-16-39)34-35-36)43-32(21)26-18-25(42-2)10-11-27(26)38(31(32)41)19-22-7-5-8-24(17-22)37-14-6-9-29(37)40/h5,7-8,10-11,17-18,20-21,28,30,39H,6,9,12-16,19H2,1-4H3/t21-,28+,30-,32+/m0/s1. The molecule has 234 valence electrons. The van der Waals surface area contributed by atoms with Gasteiger partial charge in [-0.15, -0.1) is 5.10 Å². The quantitative estimate of drug-likeness (QED) is 0.265.